The summed E-state index contributed by atoms with van der Waals surface area (Å²) in [6, 6.07) is -0.755. The zero-order chi connectivity index (χ0) is 13.6. The molecule has 1 atom stereocenters. The predicted octanol–water partition coefficient (Wildman–Crippen LogP) is 0.138. The SMILES string of the molecule is CN1C(=O)C2C(=NC=[N+]2CC2SCCS2)N(C)C1=O. The van der Waals surface area contributed by atoms with Gasteiger partial charge in [0.15, 0.2) is 0 Å². The van der Waals surface area contributed by atoms with E-state index in [1.54, 1.807) is 13.4 Å². The lowest BCUT2D eigenvalue weighted by Crippen LogP contribution is -2.61. The summed E-state index contributed by atoms with van der Waals surface area (Å²) < 4.78 is 2.43. The van der Waals surface area contributed by atoms with Crippen LogP contribution in [0.25, 0.3) is 0 Å². The van der Waals surface area contributed by atoms with Crippen LogP contribution in [0.5, 0.6) is 0 Å². The Morgan fingerprint density at radius 1 is 1.32 bits per heavy atom. The standard InChI is InChI=1S/C11H15N4O2S2/c1-13-9-8(10(16)14(2)11(13)17)15(6-12-9)5-7-18-3-4-19-7/h6-8H,3-5H2,1-2H3/q+1. The fourth-order valence-electron chi connectivity index (χ4n) is 2.38. The van der Waals surface area contributed by atoms with E-state index in [2.05, 4.69) is 4.99 Å². The predicted molar refractivity (Wildman–Crippen MR) is 77.0 cm³/mol. The van der Waals surface area contributed by atoms with Crippen molar-refractivity contribution in [2.75, 3.05) is 32.1 Å². The van der Waals surface area contributed by atoms with E-state index in [0.717, 1.165) is 18.1 Å². The molecule has 0 aliphatic carbocycles. The Kier molecular flexibility index (Phi) is 3.30. The number of carbonyl (C=O) groups is 2. The smallest absolute Gasteiger partial charge is 0.269 e. The molecular formula is C11H15N4O2S2+. The summed E-state index contributed by atoms with van der Waals surface area (Å²) in [5.74, 6) is 2.67. The molecule has 102 valence electrons. The molecule has 3 amide bonds. The maximum absolute atomic E-state index is 12.3. The van der Waals surface area contributed by atoms with Crippen molar-refractivity contribution >= 4 is 47.6 Å². The normalized spacial score (nSPS) is 27.8. The maximum Gasteiger partial charge on any atom is 0.333 e. The van der Waals surface area contributed by atoms with Crippen LogP contribution < -0.4 is 0 Å². The van der Waals surface area contributed by atoms with Gasteiger partial charge in [-0.1, -0.05) is 0 Å². The number of hydrogen-bond donors (Lipinski definition) is 0. The second-order valence-electron chi connectivity index (χ2n) is 4.61. The number of nitrogens with zero attached hydrogens (tertiary/aromatic N) is 4. The van der Waals surface area contributed by atoms with E-state index >= 15 is 0 Å². The molecule has 0 bridgehead atoms. The third-order valence-corrected chi connectivity index (χ3v) is 6.44. The number of amidine groups is 1. The van der Waals surface area contributed by atoms with Crippen molar-refractivity contribution in [2.24, 2.45) is 4.99 Å². The number of hydrogen-bond acceptors (Lipinski definition) is 5. The number of aliphatic imine (C=N–C) groups is 1. The average molecular weight is 299 g/mol. The minimum Gasteiger partial charge on any atom is -0.269 e. The molecule has 0 N–H and O–H groups in total. The summed E-state index contributed by atoms with van der Waals surface area (Å²) in [5, 5.41) is 0. The minimum atomic E-state index is -0.436. The molecule has 0 saturated carbocycles. The Morgan fingerprint density at radius 3 is 2.68 bits per heavy atom. The Balaban J connectivity index is 1.80. The zero-order valence-electron chi connectivity index (χ0n) is 10.8. The van der Waals surface area contributed by atoms with Crippen LogP contribution in [0.15, 0.2) is 4.99 Å². The molecule has 0 aromatic heterocycles. The lowest BCUT2D eigenvalue weighted by Gasteiger charge is -2.31. The second kappa shape index (κ2) is 4.82. The van der Waals surface area contributed by atoms with Crippen LogP contribution in [-0.4, -0.2) is 81.3 Å². The van der Waals surface area contributed by atoms with Crippen molar-refractivity contribution in [2.45, 2.75) is 10.6 Å². The average Bonchev–Trinajstić information content (AvgIpc) is 3.04. The van der Waals surface area contributed by atoms with Crippen molar-refractivity contribution < 1.29 is 14.2 Å². The molecule has 0 aromatic carbocycles. The minimum absolute atomic E-state index is 0.191. The molecule has 3 aliphatic rings. The van der Waals surface area contributed by atoms with Crippen LogP contribution in [0, 0.1) is 0 Å². The molecule has 0 spiro atoms. The van der Waals surface area contributed by atoms with E-state index in [0.29, 0.717) is 10.4 Å². The molecule has 0 radical (unpaired) electrons. The van der Waals surface area contributed by atoms with Gasteiger partial charge < -0.3 is 0 Å². The van der Waals surface area contributed by atoms with Gasteiger partial charge in [0, 0.05) is 25.6 Å². The van der Waals surface area contributed by atoms with Crippen LogP contribution in [0.3, 0.4) is 0 Å². The van der Waals surface area contributed by atoms with Gasteiger partial charge in [-0.2, -0.15) is 0 Å². The molecule has 6 nitrogen and oxygen atoms in total. The first kappa shape index (κ1) is 13.0. The first-order valence-corrected chi connectivity index (χ1v) is 8.14. The van der Waals surface area contributed by atoms with E-state index in [9.17, 15) is 9.59 Å². The van der Waals surface area contributed by atoms with Crippen molar-refractivity contribution in [3.05, 3.63) is 0 Å². The van der Waals surface area contributed by atoms with Crippen molar-refractivity contribution in [1.29, 1.82) is 0 Å². The van der Waals surface area contributed by atoms with Gasteiger partial charge in [0.05, 0.1) is 4.58 Å². The highest BCUT2D eigenvalue weighted by Crippen LogP contribution is 2.32. The van der Waals surface area contributed by atoms with Gasteiger partial charge in [-0.15, -0.1) is 23.5 Å². The van der Waals surface area contributed by atoms with E-state index in [1.165, 1.54) is 16.8 Å². The van der Waals surface area contributed by atoms with Crippen LogP contribution in [0.1, 0.15) is 0 Å². The lowest BCUT2D eigenvalue weighted by atomic mass is 10.1. The molecule has 2 fully saturated rings. The Labute approximate surface area is 119 Å². The Hall–Kier alpha value is -1.02. The Morgan fingerprint density at radius 2 is 2.00 bits per heavy atom. The summed E-state index contributed by atoms with van der Waals surface area (Å²) in [6.07, 6.45) is 1.69. The van der Waals surface area contributed by atoms with Gasteiger partial charge in [-0.25, -0.2) is 9.37 Å². The van der Waals surface area contributed by atoms with E-state index in [-0.39, 0.29) is 11.9 Å². The van der Waals surface area contributed by atoms with Crippen LogP contribution in [-0.2, 0) is 4.79 Å². The van der Waals surface area contributed by atoms with Crippen LogP contribution in [0.4, 0.5) is 4.79 Å². The van der Waals surface area contributed by atoms with Crippen molar-refractivity contribution in [3.63, 3.8) is 0 Å². The monoisotopic (exact) mass is 299 g/mol. The van der Waals surface area contributed by atoms with Gasteiger partial charge >= 0.3 is 6.03 Å². The molecular weight excluding hydrogens is 284 g/mol. The van der Waals surface area contributed by atoms with Gasteiger partial charge in [-0.3, -0.25) is 14.6 Å². The topological polar surface area (TPSA) is 56.0 Å². The third-order valence-electron chi connectivity index (χ3n) is 3.45. The molecule has 8 heteroatoms. The number of carbonyl (C=O) groups excluding carboxylic acids is 2. The number of fused-ring (bicyclic) bond motifs is 1. The summed E-state index contributed by atoms with van der Waals surface area (Å²) in [5.41, 5.74) is 0. The number of amides is 3. The molecule has 3 heterocycles. The summed E-state index contributed by atoms with van der Waals surface area (Å²) in [6.45, 7) is 0.786. The van der Waals surface area contributed by atoms with Crippen LogP contribution >= 0.6 is 23.5 Å². The fraction of sp³-hybridized carbons (Fsp3) is 0.636. The van der Waals surface area contributed by atoms with Gasteiger partial charge in [-0.05, 0) is 4.99 Å². The molecule has 3 rings (SSSR count). The highest BCUT2D eigenvalue weighted by Gasteiger charge is 2.50. The Bertz CT molecular complexity index is 499. The molecule has 19 heavy (non-hydrogen) atoms. The third kappa shape index (κ3) is 2.06. The van der Waals surface area contributed by atoms with Gasteiger partial charge in [0.1, 0.15) is 6.54 Å². The van der Waals surface area contributed by atoms with Gasteiger partial charge in [0.25, 0.3) is 24.1 Å². The zero-order valence-corrected chi connectivity index (χ0v) is 12.4. The first-order chi connectivity index (χ1) is 9.09. The lowest BCUT2D eigenvalue weighted by molar-refractivity contribution is -0.527. The molecule has 2 saturated heterocycles. The number of thioether (sulfide) groups is 2. The number of likely N-dealkylation sites (N-methyl/N-ethyl adjacent to an activating group) is 2. The van der Waals surface area contributed by atoms with Crippen LogP contribution in [0.2, 0.25) is 0 Å². The first-order valence-electron chi connectivity index (χ1n) is 6.05. The number of rotatable bonds is 2. The summed E-state index contributed by atoms with van der Waals surface area (Å²) in [7, 11) is 3.18. The molecule has 1 unspecified atom stereocenters. The van der Waals surface area contributed by atoms with E-state index in [1.807, 2.05) is 28.1 Å². The quantitative estimate of drug-likeness (QED) is 0.681. The summed E-state index contributed by atoms with van der Waals surface area (Å²) >= 11 is 3.83. The molecule has 3 aliphatic heterocycles. The van der Waals surface area contributed by atoms with Gasteiger partial charge in [0.2, 0.25) is 0 Å². The maximum atomic E-state index is 12.3. The summed E-state index contributed by atoms with van der Waals surface area (Å²) in [4.78, 5) is 31.0. The number of urea groups is 1. The van der Waals surface area contributed by atoms with E-state index in [4.69, 9.17) is 0 Å². The molecule has 0 aromatic rings. The number of imide groups is 1. The highest BCUT2D eigenvalue weighted by atomic mass is 32.2. The largest absolute Gasteiger partial charge is 0.333 e. The highest BCUT2D eigenvalue weighted by molar-refractivity contribution is 8.20. The van der Waals surface area contributed by atoms with Crippen molar-refractivity contribution in [1.82, 2.24) is 9.80 Å². The van der Waals surface area contributed by atoms with E-state index < -0.39 is 6.04 Å². The second-order valence-corrected chi connectivity index (χ2v) is 7.53. The fourth-order valence-corrected chi connectivity index (χ4v) is 5.19. The van der Waals surface area contributed by atoms with Crippen molar-refractivity contribution in [3.8, 4) is 0 Å².